The number of aromatic nitrogens is 4. The van der Waals surface area contributed by atoms with Crippen LogP contribution in [-0.2, 0) is 6.54 Å². The molecule has 3 aromatic rings. The minimum absolute atomic E-state index is 0.543. The van der Waals surface area contributed by atoms with Crippen LogP contribution in [0.5, 0.6) is 0 Å². The summed E-state index contributed by atoms with van der Waals surface area (Å²) in [6.07, 6.45) is 0. The van der Waals surface area contributed by atoms with Crippen LogP contribution in [0, 0.1) is 0 Å². The Morgan fingerprint density at radius 2 is 1.68 bits per heavy atom. The maximum atomic E-state index is 6.11. The fourth-order valence-electron chi connectivity index (χ4n) is 1.81. The first-order valence-electron chi connectivity index (χ1n) is 5.89. The summed E-state index contributed by atoms with van der Waals surface area (Å²) in [6, 6.07) is 17.5. The van der Waals surface area contributed by atoms with E-state index in [2.05, 4.69) is 15.4 Å². The van der Waals surface area contributed by atoms with Gasteiger partial charge in [0.25, 0.3) is 0 Å². The average molecular weight is 271 g/mol. The summed E-state index contributed by atoms with van der Waals surface area (Å²) in [7, 11) is 0. The van der Waals surface area contributed by atoms with E-state index in [1.807, 2.05) is 54.6 Å². The van der Waals surface area contributed by atoms with Gasteiger partial charge in [0.15, 0.2) is 0 Å². The molecule has 1 aromatic heterocycles. The molecule has 0 saturated heterocycles. The van der Waals surface area contributed by atoms with Crippen molar-refractivity contribution < 1.29 is 0 Å². The molecule has 19 heavy (non-hydrogen) atoms. The third-order valence-electron chi connectivity index (χ3n) is 2.73. The minimum Gasteiger partial charge on any atom is -0.159 e. The summed E-state index contributed by atoms with van der Waals surface area (Å²) >= 11 is 6.11. The van der Waals surface area contributed by atoms with E-state index in [1.165, 1.54) is 0 Å². The summed E-state index contributed by atoms with van der Waals surface area (Å²) in [5.74, 6) is 0.543. The molecule has 0 saturated carbocycles. The highest BCUT2D eigenvalue weighted by Gasteiger charge is 2.09. The van der Waals surface area contributed by atoms with Gasteiger partial charge in [-0.3, -0.25) is 0 Å². The second-order valence-electron chi connectivity index (χ2n) is 4.11. The van der Waals surface area contributed by atoms with Crippen molar-refractivity contribution >= 4 is 11.6 Å². The maximum Gasteiger partial charge on any atom is 0.206 e. The van der Waals surface area contributed by atoms with E-state index in [1.54, 1.807) is 4.80 Å². The molecule has 0 aliphatic heterocycles. The van der Waals surface area contributed by atoms with Crippen LogP contribution in [0.25, 0.3) is 11.4 Å². The zero-order chi connectivity index (χ0) is 13.1. The summed E-state index contributed by atoms with van der Waals surface area (Å²) in [5, 5.41) is 13.1. The first-order chi connectivity index (χ1) is 9.33. The fourth-order valence-corrected chi connectivity index (χ4v) is 2.03. The largest absolute Gasteiger partial charge is 0.206 e. The molecule has 2 aromatic carbocycles. The summed E-state index contributed by atoms with van der Waals surface area (Å²) < 4.78 is 0. The predicted molar refractivity (Wildman–Crippen MR) is 73.8 cm³/mol. The Morgan fingerprint density at radius 3 is 2.47 bits per heavy atom. The van der Waals surface area contributed by atoms with Gasteiger partial charge in [-0.2, -0.15) is 4.80 Å². The van der Waals surface area contributed by atoms with Crippen molar-refractivity contribution in [3.8, 4) is 11.4 Å². The Hall–Kier alpha value is -2.20. The first-order valence-corrected chi connectivity index (χ1v) is 6.27. The second-order valence-corrected chi connectivity index (χ2v) is 4.52. The number of hydrogen-bond donors (Lipinski definition) is 0. The van der Waals surface area contributed by atoms with Crippen LogP contribution in [0.4, 0.5) is 0 Å². The predicted octanol–water partition coefficient (Wildman–Crippen LogP) is 3.04. The van der Waals surface area contributed by atoms with Gasteiger partial charge in [-0.15, -0.1) is 10.2 Å². The average Bonchev–Trinajstić information content (AvgIpc) is 2.89. The van der Waals surface area contributed by atoms with Crippen molar-refractivity contribution in [1.29, 1.82) is 0 Å². The van der Waals surface area contributed by atoms with Crippen LogP contribution in [0.3, 0.4) is 0 Å². The molecule has 5 heteroatoms. The molecule has 3 rings (SSSR count). The quantitative estimate of drug-likeness (QED) is 0.735. The molecule has 0 aliphatic carbocycles. The molecule has 0 unspecified atom stereocenters. The highest BCUT2D eigenvalue weighted by molar-refractivity contribution is 6.33. The molecule has 0 fully saturated rings. The van der Waals surface area contributed by atoms with Crippen molar-refractivity contribution in [2.75, 3.05) is 0 Å². The van der Waals surface area contributed by atoms with E-state index in [0.29, 0.717) is 17.4 Å². The molecule has 0 amide bonds. The molecule has 0 radical (unpaired) electrons. The Balaban J connectivity index is 1.86. The van der Waals surface area contributed by atoms with E-state index < -0.39 is 0 Å². The van der Waals surface area contributed by atoms with Crippen molar-refractivity contribution in [2.24, 2.45) is 0 Å². The van der Waals surface area contributed by atoms with Crippen molar-refractivity contribution in [2.45, 2.75) is 6.54 Å². The first kappa shape index (κ1) is 11.9. The van der Waals surface area contributed by atoms with Gasteiger partial charge in [-0.1, -0.05) is 54.1 Å². The summed E-state index contributed by atoms with van der Waals surface area (Å²) in [4.78, 5) is 1.56. The van der Waals surface area contributed by atoms with Crippen LogP contribution >= 0.6 is 11.6 Å². The smallest absolute Gasteiger partial charge is 0.159 e. The Morgan fingerprint density at radius 1 is 0.947 bits per heavy atom. The maximum absolute atomic E-state index is 6.11. The molecule has 0 N–H and O–H groups in total. The van der Waals surface area contributed by atoms with E-state index in [4.69, 9.17) is 11.6 Å². The van der Waals surface area contributed by atoms with Crippen LogP contribution < -0.4 is 0 Å². The van der Waals surface area contributed by atoms with Gasteiger partial charge >= 0.3 is 0 Å². The fraction of sp³-hybridized carbons (Fsp3) is 0.0714. The van der Waals surface area contributed by atoms with E-state index in [9.17, 15) is 0 Å². The topological polar surface area (TPSA) is 43.6 Å². The van der Waals surface area contributed by atoms with Crippen LogP contribution in [0.1, 0.15) is 5.56 Å². The van der Waals surface area contributed by atoms with Crippen LogP contribution in [-0.4, -0.2) is 20.2 Å². The number of hydrogen-bond acceptors (Lipinski definition) is 3. The number of rotatable bonds is 3. The lowest BCUT2D eigenvalue weighted by molar-refractivity contribution is 0.573. The monoisotopic (exact) mass is 270 g/mol. The van der Waals surface area contributed by atoms with E-state index in [0.717, 1.165) is 11.1 Å². The zero-order valence-corrected chi connectivity index (χ0v) is 10.8. The Labute approximate surface area is 115 Å². The van der Waals surface area contributed by atoms with Gasteiger partial charge in [-0.05, 0) is 22.9 Å². The zero-order valence-electron chi connectivity index (χ0n) is 10.1. The Kier molecular flexibility index (Phi) is 3.25. The second kappa shape index (κ2) is 5.20. The third-order valence-corrected chi connectivity index (χ3v) is 3.06. The van der Waals surface area contributed by atoms with Crippen LogP contribution in [0.2, 0.25) is 5.02 Å². The van der Waals surface area contributed by atoms with E-state index in [-0.39, 0.29) is 0 Å². The number of benzene rings is 2. The van der Waals surface area contributed by atoms with Crippen molar-refractivity contribution in [3.05, 3.63) is 65.2 Å². The molecule has 1 heterocycles. The van der Waals surface area contributed by atoms with Gasteiger partial charge in [0.1, 0.15) is 0 Å². The number of nitrogens with zero attached hydrogens (tertiary/aromatic N) is 4. The van der Waals surface area contributed by atoms with Gasteiger partial charge in [0.2, 0.25) is 5.82 Å². The lowest BCUT2D eigenvalue weighted by Gasteiger charge is -1.99. The van der Waals surface area contributed by atoms with Crippen LogP contribution in [0.15, 0.2) is 54.6 Å². The molecule has 0 aliphatic rings. The van der Waals surface area contributed by atoms with Crippen molar-refractivity contribution in [1.82, 2.24) is 20.2 Å². The molecule has 0 bridgehead atoms. The highest BCUT2D eigenvalue weighted by atomic mass is 35.5. The van der Waals surface area contributed by atoms with E-state index >= 15 is 0 Å². The van der Waals surface area contributed by atoms with Crippen molar-refractivity contribution in [3.63, 3.8) is 0 Å². The standard InChI is InChI=1S/C14H11ClN4/c15-13-9-5-4-8-12(13)14-16-18-19(17-14)10-11-6-2-1-3-7-11/h1-9H,10H2. The lowest BCUT2D eigenvalue weighted by Crippen LogP contribution is -2.03. The summed E-state index contributed by atoms with van der Waals surface area (Å²) in [5.41, 5.74) is 1.93. The SMILES string of the molecule is Clc1ccccc1-c1nnn(Cc2ccccc2)n1. The van der Waals surface area contributed by atoms with Gasteiger partial charge < -0.3 is 0 Å². The highest BCUT2D eigenvalue weighted by Crippen LogP contribution is 2.23. The molecule has 4 nitrogen and oxygen atoms in total. The van der Waals surface area contributed by atoms with Gasteiger partial charge in [0, 0.05) is 5.56 Å². The van der Waals surface area contributed by atoms with Gasteiger partial charge in [0.05, 0.1) is 11.6 Å². The molecule has 94 valence electrons. The molecule has 0 atom stereocenters. The minimum atomic E-state index is 0.543. The Bertz CT molecular complexity index is 679. The third kappa shape index (κ3) is 2.63. The molecular formula is C14H11ClN4. The number of tetrazole rings is 1. The molecular weight excluding hydrogens is 260 g/mol. The van der Waals surface area contributed by atoms with Gasteiger partial charge in [-0.25, -0.2) is 0 Å². The lowest BCUT2D eigenvalue weighted by atomic mass is 10.2. The number of halogens is 1. The molecule has 0 spiro atoms. The summed E-state index contributed by atoms with van der Waals surface area (Å²) in [6.45, 7) is 0.596. The normalized spacial score (nSPS) is 10.6.